The van der Waals surface area contributed by atoms with Gasteiger partial charge >= 0.3 is 12.0 Å². The number of nitrogens with one attached hydrogen (secondary N) is 2. The molecule has 0 radical (unpaired) electrons. The molecule has 2 N–H and O–H groups in total. The van der Waals surface area contributed by atoms with Crippen molar-refractivity contribution in [3.8, 4) is 22.9 Å². The Kier molecular flexibility index (Phi) is 10.9. The van der Waals surface area contributed by atoms with Crippen LogP contribution in [-0.2, 0) is 16.1 Å². The van der Waals surface area contributed by atoms with Crippen molar-refractivity contribution < 1.29 is 19.1 Å². The summed E-state index contributed by atoms with van der Waals surface area (Å²) in [4.78, 5) is 43.6. The second-order valence-electron chi connectivity index (χ2n) is 11.3. The van der Waals surface area contributed by atoms with E-state index in [1.807, 2.05) is 30.3 Å². The molecule has 0 atom stereocenters. The van der Waals surface area contributed by atoms with Crippen molar-refractivity contribution in [1.29, 1.82) is 5.26 Å². The Balaban J connectivity index is 1.83. The first kappa shape index (κ1) is 32.7. The molecule has 2 aromatic carbocycles. The molecule has 0 saturated heterocycles. The van der Waals surface area contributed by atoms with Gasteiger partial charge in [0.05, 0.1) is 6.07 Å². The Morgan fingerprint density at radius 2 is 1.64 bits per heavy atom. The summed E-state index contributed by atoms with van der Waals surface area (Å²) in [5.41, 5.74) is 3.90. The van der Waals surface area contributed by atoms with Crippen LogP contribution in [0.25, 0.3) is 22.2 Å². The van der Waals surface area contributed by atoms with Gasteiger partial charge in [0.1, 0.15) is 30.3 Å². The van der Waals surface area contributed by atoms with Crippen molar-refractivity contribution in [3.63, 3.8) is 0 Å². The molecule has 234 valence electrons. The highest BCUT2D eigenvalue weighted by molar-refractivity contribution is 6.07. The number of unbranched alkanes of at least 4 members (excludes halogenated alkanes) is 1. The third-order valence-corrected chi connectivity index (χ3v) is 7.32. The first-order chi connectivity index (χ1) is 21.6. The number of amides is 2. The molecule has 0 saturated carbocycles. The zero-order valence-corrected chi connectivity index (χ0v) is 26.3. The Morgan fingerprint density at radius 3 is 2.31 bits per heavy atom. The van der Waals surface area contributed by atoms with Crippen molar-refractivity contribution >= 4 is 34.4 Å². The van der Waals surface area contributed by atoms with Gasteiger partial charge in [-0.2, -0.15) is 5.26 Å². The molecule has 0 spiro atoms. The van der Waals surface area contributed by atoms with Gasteiger partial charge < -0.3 is 20.1 Å². The molecule has 45 heavy (non-hydrogen) atoms. The number of hydrogen-bond donors (Lipinski definition) is 2. The molecule has 0 fully saturated rings. The highest BCUT2D eigenvalue weighted by Gasteiger charge is 2.23. The number of pyridine rings is 2. The van der Waals surface area contributed by atoms with Gasteiger partial charge in [-0.1, -0.05) is 58.0 Å². The first-order valence-corrected chi connectivity index (χ1v) is 15.1. The van der Waals surface area contributed by atoms with E-state index in [-0.39, 0.29) is 43.7 Å². The fraction of sp³-hybridized carbons (Fsp3) is 0.343. The number of nitrogens with zero attached hydrogens (tertiary/aromatic N) is 3. The van der Waals surface area contributed by atoms with E-state index < -0.39 is 17.6 Å². The summed E-state index contributed by atoms with van der Waals surface area (Å²) in [6.07, 6.45) is 2.32. The lowest BCUT2D eigenvalue weighted by atomic mass is 9.93. The summed E-state index contributed by atoms with van der Waals surface area (Å²) >= 11 is 0. The number of para-hydroxylation sites is 1. The number of benzene rings is 2. The maximum Gasteiger partial charge on any atom is 0.323 e. The lowest BCUT2D eigenvalue weighted by Gasteiger charge is -2.22. The van der Waals surface area contributed by atoms with Crippen LogP contribution in [0, 0.1) is 11.3 Å². The molecule has 4 aromatic rings. The predicted molar refractivity (Wildman–Crippen MR) is 176 cm³/mol. The number of aromatic nitrogens is 2. The molecule has 0 unspecified atom stereocenters. The van der Waals surface area contributed by atoms with Crippen LogP contribution in [0.2, 0.25) is 0 Å². The summed E-state index contributed by atoms with van der Waals surface area (Å²) in [6, 6.07) is 18.3. The largest absolute Gasteiger partial charge is 0.490 e. The first-order valence-electron chi connectivity index (χ1n) is 15.1. The van der Waals surface area contributed by atoms with Crippen LogP contribution in [-0.4, -0.2) is 34.8 Å². The SMILES string of the molecule is CC(=O)OCCOc1cccc(-c2c(NC(=O)Nc3c(C(C)C)cccc3C(C)C)c(=O)n(CCCC#N)c3ncccc23)c1. The number of hydrogen-bond acceptors (Lipinski definition) is 7. The van der Waals surface area contributed by atoms with Crippen molar-refractivity contribution in [2.75, 3.05) is 23.8 Å². The van der Waals surface area contributed by atoms with E-state index in [0.717, 1.165) is 16.8 Å². The average Bonchev–Trinajstić information content (AvgIpc) is 3.01. The number of anilines is 2. The van der Waals surface area contributed by atoms with E-state index in [9.17, 15) is 14.4 Å². The maximum atomic E-state index is 14.2. The third kappa shape index (κ3) is 7.87. The lowest BCUT2D eigenvalue weighted by molar-refractivity contribution is -0.141. The fourth-order valence-electron chi connectivity index (χ4n) is 5.26. The number of urea groups is 1. The van der Waals surface area contributed by atoms with E-state index >= 15 is 0 Å². The van der Waals surface area contributed by atoms with E-state index in [4.69, 9.17) is 14.7 Å². The van der Waals surface area contributed by atoms with Crippen molar-refractivity contribution in [3.05, 3.63) is 82.3 Å². The molecule has 0 aliphatic carbocycles. The molecule has 0 aliphatic rings. The van der Waals surface area contributed by atoms with Gasteiger partial charge in [0.2, 0.25) is 0 Å². The van der Waals surface area contributed by atoms with Crippen LogP contribution in [0.4, 0.5) is 16.2 Å². The van der Waals surface area contributed by atoms with Gasteiger partial charge in [-0.25, -0.2) is 9.78 Å². The summed E-state index contributed by atoms with van der Waals surface area (Å²) in [5.74, 6) is 0.411. The third-order valence-electron chi connectivity index (χ3n) is 7.32. The number of rotatable bonds is 12. The number of nitriles is 1. The number of ether oxygens (including phenoxy) is 2. The summed E-state index contributed by atoms with van der Waals surface area (Å²) in [6.45, 7) is 10.1. The topological polar surface area (TPSA) is 135 Å². The van der Waals surface area contributed by atoms with Gasteiger partial charge in [-0.3, -0.25) is 14.2 Å². The molecule has 0 aliphatic heterocycles. The van der Waals surface area contributed by atoms with Crippen molar-refractivity contribution in [1.82, 2.24) is 9.55 Å². The molecular weight excluding hydrogens is 570 g/mol. The zero-order valence-electron chi connectivity index (χ0n) is 26.3. The van der Waals surface area contributed by atoms with Crippen molar-refractivity contribution in [2.45, 2.75) is 65.8 Å². The van der Waals surface area contributed by atoms with Gasteiger partial charge in [0, 0.05) is 42.7 Å². The Bertz CT molecular complexity index is 1760. The minimum atomic E-state index is -0.552. The summed E-state index contributed by atoms with van der Waals surface area (Å²) < 4.78 is 12.3. The summed E-state index contributed by atoms with van der Waals surface area (Å²) in [5, 5.41) is 15.7. The minimum absolute atomic E-state index is 0.0788. The van der Waals surface area contributed by atoms with Crippen molar-refractivity contribution in [2.24, 2.45) is 0 Å². The van der Waals surface area contributed by atoms with E-state index in [1.165, 1.54) is 11.5 Å². The molecule has 2 amide bonds. The zero-order chi connectivity index (χ0) is 32.5. The number of fused-ring (bicyclic) bond motifs is 1. The number of carbonyl (C=O) groups excluding carboxylic acids is 2. The average molecular weight is 610 g/mol. The number of aryl methyl sites for hydroxylation is 1. The van der Waals surface area contributed by atoms with Gasteiger partial charge in [-0.05, 0) is 59.2 Å². The molecule has 10 heteroatoms. The lowest BCUT2D eigenvalue weighted by Crippen LogP contribution is -2.30. The molecule has 10 nitrogen and oxygen atoms in total. The molecule has 4 rings (SSSR count). The van der Waals surface area contributed by atoms with Gasteiger partial charge in [0.15, 0.2) is 0 Å². The van der Waals surface area contributed by atoms with Crippen LogP contribution in [0.3, 0.4) is 0 Å². The van der Waals surface area contributed by atoms with Crippen LogP contribution in [0.15, 0.2) is 65.6 Å². The van der Waals surface area contributed by atoms with E-state index in [0.29, 0.717) is 34.3 Å². The Labute approximate surface area is 263 Å². The molecule has 2 aromatic heterocycles. The standard InChI is InChI=1S/C35H39N5O5/c1-22(2)27-13-9-14-28(23(3)4)31(27)38-35(43)39-32-30(25-11-8-12-26(21-25)45-20-19-44-24(5)41)29-15-10-17-37-33(29)40(34(32)42)18-7-6-16-36/h8-15,17,21-23H,6-7,18-20H2,1-5H3,(H2,38,39,43). The fourth-order valence-corrected chi connectivity index (χ4v) is 5.26. The van der Waals surface area contributed by atoms with Crippen LogP contribution >= 0.6 is 0 Å². The smallest absolute Gasteiger partial charge is 0.323 e. The minimum Gasteiger partial charge on any atom is -0.490 e. The van der Waals surface area contributed by atoms with Gasteiger partial charge in [-0.15, -0.1) is 0 Å². The molecule has 0 bridgehead atoms. The second kappa shape index (κ2) is 15.0. The Hall–Kier alpha value is -5.17. The van der Waals surface area contributed by atoms with Crippen LogP contribution in [0.1, 0.15) is 70.4 Å². The van der Waals surface area contributed by atoms with Crippen LogP contribution < -0.4 is 20.9 Å². The summed E-state index contributed by atoms with van der Waals surface area (Å²) in [7, 11) is 0. The predicted octanol–water partition coefficient (Wildman–Crippen LogP) is 7.20. The quantitative estimate of drug-likeness (QED) is 0.128. The van der Waals surface area contributed by atoms with Crippen LogP contribution in [0.5, 0.6) is 5.75 Å². The normalized spacial score (nSPS) is 11.0. The Morgan fingerprint density at radius 1 is 0.956 bits per heavy atom. The van der Waals surface area contributed by atoms with E-state index in [1.54, 1.807) is 30.5 Å². The molecular formula is C35H39N5O5. The van der Waals surface area contributed by atoms with Gasteiger partial charge in [0.25, 0.3) is 5.56 Å². The highest BCUT2D eigenvalue weighted by atomic mass is 16.6. The second-order valence-corrected chi connectivity index (χ2v) is 11.3. The maximum absolute atomic E-state index is 14.2. The number of carbonyl (C=O) groups is 2. The monoisotopic (exact) mass is 609 g/mol. The number of esters is 1. The highest BCUT2D eigenvalue weighted by Crippen LogP contribution is 2.36. The van der Waals surface area contributed by atoms with E-state index in [2.05, 4.69) is 49.4 Å². The molecule has 2 heterocycles.